The topological polar surface area (TPSA) is 55.4 Å². The van der Waals surface area contributed by atoms with Crippen LogP contribution in [0.15, 0.2) is 78.9 Å². The average molecular weight is 359 g/mol. The van der Waals surface area contributed by atoms with Gasteiger partial charge < -0.3 is 10.1 Å². The van der Waals surface area contributed by atoms with Gasteiger partial charge in [0.25, 0.3) is 5.91 Å². The van der Waals surface area contributed by atoms with E-state index in [1.807, 2.05) is 42.5 Å². The van der Waals surface area contributed by atoms with Gasteiger partial charge in [0.05, 0.1) is 12.7 Å². The number of hydrogen-bond donors (Lipinski definition) is 1. The van der Waals surface area contributed by atoms with Gasteiger partial charge in [0, 0.05) is 11.3 Å². The second-order valence-electron chi connectivity index (χ2n) is 6.17. The lowest BCUT2D eigenvalue weighted by molar-refractivity contribution is 0.0600. The van der Waals surface area contributed by atoms with Crippen LogP contribution in [-0.2, 0) is 17.6 Å². The van der Waals surface area contributed by atoms with E-state index in [0.717, 1.165) is 18.4 Å². The maximum atomic E-state index is 12.7. The second-order valence-corrected chi connectivity index (χ2v) is 6.17. The molecule has 0 atom stereocenters. The normalized spacial score (nSPS) is 10.3. The van der Waals surface area contributed by atoms with Crippen LogP contribution in [0.1, 0.15) is 31.8 Å². The Bertz CT molecular complexity index is 918. The van der Waals surface area contributed by atoms with Gasteiger partial charge in [-0.1, -0.05) is 48.5 Å². The number of hydrogen-bond acceptors (Lipinski definition) is 3. The summed E-state index contributed by atoms with van der Waals surface area (Å²) >= 11 is 0. The lowest BCUT2D eigenvalue weighted by Gasteiger charge is -2.11. The Labute approximate surface area is 158 Å². The molecule has 0 saturated carbocycles. The number of carbonyl (C=O) groups excluding carboxylic acids is 2. The van der Waals surface area contributed by atoms with E-state index in [1.54, 1.807) is 24.3 Å². The summed E-state index contributed by atoms with van der Waals surface area (Å²) in [6.45, 7) is 0. The molecule has 27 heavy (non-hydrogen) atoms. The number of esters is 1. The van der Waals surface area contributed by atoms with Gasteiger partial charge in [-0.2, -0.15) is 0 Å². The Kier molecular flexibility index (Phi) is 6.00. The van der Waals surface area contributed by atoms with Crippen LogP contribution in [0.2, 0.25) is 0 Å². The number of anilines is 1. The smallest absolute Gasteiger partial charge is 0.337 e. The number of carbonyl (C=O) groups is 2. The summed E-state index contributed by atoms with van der Waals surface area (Å²) in [7, 11) is 1.34. The van der Waals surface area contributed by atoms with E-state index in [2.05, 4.69) is 22.2 Å². The molecule has 0 radical (unpaired) electrons. The Morgan fingerprint density at radius 3 is 2.19 bits per heavy atom. The van der Waals surface area contributed by atoms with E-state index in [-0.39, 0.29) is 5.91 Å². The molecular weight excluding hydrogens is 338 g/mol. The number of ether oxygens (including phenoxy) is 1. The molecule has 0 saturated heterocycles. The second kappa shape index (κ2) is 8.81. The predicted octanol–water partition coefficient (Wildman–Crippen LogP) is 4.51. The molecular formula is C23H21NO3. The minimum absolute atomic E-state index is 0.163. The molecule has 0 aromatic heterocycles. The lowest BCUT2D eigenvalue weighted by Crippen LogP contribution is -2.14. The van der Waals surface area contributed by atoms with Crippen LogP contribution < -0.4 is 5.32 Å². The van der Waals surface area contributed by atoms with E-state index < -0.39 is 5.97 Å². The highest BCUT2D eigenvalue weighted by atomic mass is 16.5. The van der Waals surface area contributed by atoms with Gasteiger partial charge in [-0.05, 0) is 54.3 Å². The number of methoxy groups -OCH3 is 1. The monoisotopic (exact) mass is 359 g/mol. The summed E-state index contributed by atoms with van der Waals surface area (Å²) in [6.07, 6.45) is 1.66. The Hall–Kier alpha value is -3.40. The summed E-state index contributed by atoms with van der Waals surface area (Å²) in [5, 5.41) is 2.89. The van der Waals surface area contributed by atoms with E-state index >= 15 is 0 Å². The van der Waals surface area contributed by atoms with Crippen LogP contribution in [0.3, 0.4) is 0 Å². The van der Waals surface area contributed by atoms with Crippen molar-refractivity contribution < 1.29 is 14.3 Å². The van der Waals surface area contributed by atoms with Gasteiger partial charge in [0.1, 0.15) is 0 Å². The summed E-state index contributed by atoms with van der Waals surface area (Å²) in [5.74, 6) is -0.566. The molecule has 0 spiro atoms. The molecule has 4 nitrogen and oxygen atoms in total. The molecule has 4 heteroatoms. The highest BCUT2D eigenvalue weighted by Gasteiger charge is 2.12. The van der Waals surface area contributed by atoms with Crippen LogP contribution in [0.25, 0.3) is 0 Å². The van der Waals surface area contributed by atoms with Crippen molar-refractivity contribution in [1.82, 2.24) is 0 Å². The zero-order valence-corrected chi connectivity index (χ0v) is 15.1. The molecule has 0 heterocycles. The molecule has 1 N–H and O–H groups in total. The highest BCUT2D eigenvalue weighted by Crippen LogP contribution is 2.16. The number of benzene rings is 3. The predicted molar refractivity (Wildman–Crippen MR) is 106 cm³/mol. The third kappa shape index (κ3) is 4.82. The fourth-order valence-electron chi connectivity index (χ4n) is 2.89. The molecule has 3 aromatic rings. The Morgan fingerprint density at radius 2 is 1.48 bits per heavy atom. The largest absolute Gasteiger partial charge is 0.465 e. The molecule has 3 rings (SSSR count). The molecule has 0 fully saturated rings. The maximum absolute atomic E-state index is 12.7. The fraction of sp³-hybridized carbons (Fsp3) is 0.130. The van der Waals surface area contributed by atoms with Crippen LogP contribution in [0, 0.1) is 0 Å². The molecule has 0 bridgehead atoms. The standard InChI is InChI=1S/C23H21NO3/c1-27-23(26)19-13-15-20(16-14-19)24-22(25)21-10-6-5-9-18(21)12-11-17-7-3-2-4-8-17/h2-10,13-16H,11-12H2,1H3,(H,24,25). The van der Waals surface area contributed by atoms with Crippen molar-refractivity contribution in [3.8, 4) is 0 Å². The Balaban J connectivity index is 1.70. The zero-order chi connectivity index (χ0) is 19.1. The van der Waals surface area contributed by atoms with Crippen molar-refractivity contribution in [2.45, 2.75) is 12.8 Å². The van der Waals surface area contributed by atoms with Crippen molar-refractivity contribution in [3.05, 3.63) is 101 Å². The lowest BCUT2D eigenvalue weighted by atomic mass is 9.99. The highest BCUT2D eigenvalue weighted by molar-refractivity contribution is 6.05. The molecule has 0 aliphatic rings. The van der Waals surface area contributed by atoms with Crippen molar-refractivity contribution in [2.24, 2.45) is 0 Å². The number of amides is 1. The molecule has 1 amide bonds. The van der Waals surface area contributed by atoms with E-state index in [0.29, 0.717) is 16.8 Å². The van der Waals surface area contributed by atoms with Gasteiger partial charge >= 0.3 is 5.97 Å². The quantitative estimate of drug-likeness (QED) is 0.659. The fourth-order valence-corrected chi connectivity index (χ4v) is 2.89. The van der Waals surface area contributed by atoms with E-state index in [9.17, 15) is 9.59 Å². The van der Waals surface area contributed by atoms with Gasteiger partial charge in [-0.3, -0.25) is 4.79 Å². The summed E-state index contributed by atoms with van der Waals surface area (Å²) < 4.78 is 4.68. The number of aryl methyl sites for hydroxylation is 2. The first-order valence-electron chi connectivity index (χ1n) is 8.79. The van der Waals surface area contributed by atoms with Gasteiger partial charge in [-0.15, -0.1) is 0 Å². The summed E-state index contributed by atoms with van der Waals surface area (Å²) in [6, 6.07) is 24.5. The minimum Gasteiger partial charge on any atom is -0.465 e. The third-order valence-electron chi connectivity index (χ3n) is 4.35. The first-order valence-corrected chi connectivity index (χ1v) is 8.79. The van der Waals surface area contributed by atoms with Crippen LogP contribution in [0.4, 0.5) is 5.69 Å². The first kappa shape index (κ1) is 18.4. The van der Waals surface area contributed by atoms with Crippen molar-refractivity contribution in [2.75, 3.05) is 12.4 Å². The zero-order valence-electron chi connectivity index (χ0n) is 15.1. The number of nitrogens with one attached hydrogen (secondary N) is 1. The minimum atomic E-state index is -0.404. The van der Waals surface area contributed by atoms with Crippen molar-refractivity contribution >= 4 is 17.6 Å². The van der Waals surface area contributed by atoms with Gasteiger partial charge in [0.2, 0.25) is 0 Å². The molecule has 3 aromatic carbocycles. The average Bonchev–Trinajstić information content (AvgIpc) is 2.73. The first-order chi connectivity index (χ1) is 13.2. The molecule has 136 valence electrons. The third-order valence-corrected chi connectivity index (χ3v) is 4.35. The number of rotatable bonds is 6. The molecule has 0 unspecified atom stereocenters. The maximum Gasteiger partial charge on any atom is 0.337 e. The van der Waals surface area contributed by atoms with Crippen LogP contribution >= 0.6 is 0 Å². The SMILES string of the molecule is COC(=O)c1ccc(NC(=O)c2ccccc2CCc2ccccc2)cc1. The van der Waals surface area contributed by atoms with Gasteiger partial charge in [0.15, 0.2) is 0 Å². The summed E-state index contributed by atoms with van der Waals surface area (Å²) in [5.41, 5.74) is 3.98. The van der Waals surface area contributed by atoms with E-state index in [4.69, 9.17) is 0 Å². The van der Waals surface area contributed by atoms with Crippen LogP contribution in [-0.4, -0.2) is 19.0 Å². The Morgan fingerprint density at radius 1 is 0.815 bits per heavy atom. The van der Waals surface area contributed by atoms with E-state index in [1.165, 1.54) is 12.7 Å². The van der Waals surface area contributed by atoms with Crippen LogP contribution in [0.5, 0.6) is 0 Å². The van der Waals surface area contributed by atoms with Gasteiger partial charge in [-0.25, -0.2) is 4.79 Å². The van der Waals surface area contributed by atoms with Crippen molar-refractivity contribution in [1.29, 1.82) is 0 Å². The molecule has 0 aliphatic carbocycles. The van der Waals surface area contributed by atoms with Crippen molar-refractivity contribution in [3.63, 3.8) is 0 Å². The molecule has 0 aliphatic heterocycles. The summed E-state index contributed by atoms with van der Waals surface area (Å²) in [4.78, 5) is 24.2.